The van der Waals surface area contributed by atoms with Crippen molar-refractivity contribution in [2.24, 2.45) is 11.3 Å². The molecule has 16 nitrogen and oxygen atoms in total. The van der Waals surface area contributed by atoms with Crippen molar-refractivity contribution in [1.29, 1.82) is 0 Å². The zero-order chi connectivity index (χ0) is 44.6. The van der Waals surface area contributed by atoms with Crippen LogP contribution in [0.25, 0.3) is 10.9 Å². The molecule has 0 unspecified atom stereocenters. The van der Waals surface area contributed by atoms with Gasteiger partial charge in [-0.05, 0) is 83.8 Å². The standard InChI is InChI=1S/C42H63ClN6O10/c1-23(2)20-27(46-37(54)32(40(3,4)5)48-36(53)30-18-15-19-49(30)39(56)59-42(9,10)11)34(51)45-28(21-25-24-16-13-14-17-26(24)44-33(25)43)35(52)47-29(22-31(50)57-12)38(55)58-41(6,7)8/h13-14,16-17,23,27-30,32,44H,15,18-22H2,1-12H3,(H,45,51)(H,46,54)(H,47,52)(H,48,53)/t27-,28+,29+,30-,32-/m0/s1. The van der Waals surface area contributed by atoms with Gasteiger partial charge in [-0.1, -0.05) is 64.4 Å². The average Bonchev–Trinajstić information content (AvgIpc) is 3.72. The number of aromatic nitrogens is 1. The van der Waals surface area contributed by atoms with Crippen LogP contribution in [-0.2, 0) is 49.4 Å². The van der Waals surface area contributed by atoms with E-state index in [1.807, 2.05) is 13.8 Å². The number of esters is 2. The summed E-state index contributed by atoms with van der Waals surface area (Å²) in [7, 11) is 1.14. The molecule has 0 bridgehead atoms. The minimum atomic E-state index is -1.47. The van der Waals surface area contributed by atoms with Crippen molar-refractivity contribution in [3.8, 4) is 0 Å². The van der Waals surface area contributed by atoms with Gasteiger partial charge >= 0.3 is 18.0 Å². The topological polar surface area (TPSA) is 214 Å². The van der Waals surface area contributed by atoms with Gasteiger partial charge in [0.2, 0.25) is 23.6 Å². The molecule has 59 heavy (non-hydrogen) atoms. The van der Waals surface area contributed by atoms with E-state index in [-0.39, 0.29) is 23.9 Å². The number of ether oxygens (including phenoxy) is 3. The molecule has 0 spiro atoms. The summed E-state index contributed by atoms with van der Waals surface area (Å²) in [6.45, 7) is 19.4. The number of para-hydroxylation sites is 1. The van der Waals surface area contributed by atoms with Crippen LogP contribution in [0.2, 0.25) is 5.15 Å². The van der Waals surface area contributed by atoms with E-state index in [0.29, 0.717) is 35.9 Å². The van der Waals surface area contributed by atoms with E-state index in [4.69, 9.17) is 25.8 Å². The molecule has 1 aromatic carbocycles. The van der Waals surface area contributed by atoms with Gasteiger partial charge in [0.25, 0.3) is 0 Å². The fourth-order valence-electron chi connectivity index (χ4n) is 6.59. The summed E-state index contributed by atoms with van der Waals surface area (Å²) in [5, 5.41) is 11.9. The highest BCUT2D eigenvalue weighted by atomic mass is 35.5. The summed E-state index contributed by atoms with van der Waals surface area (Å²) in [6, 6.07) is 1.14. The van der Waals surface area contributed by atoms with Gasteiger partial charge in [-0.2, -0.15) is 0 Å². The molecule has 0 aliphatic carbocycles. The van der Waals surface area contributed by atoms with Crippen molar-refractivity contribution in [2.75, 3.05) is 13.7 Å². The van der Waals surface area contributed by atoms with Crippen LogP contribution in [0.3, 0.4) is 0 Å². The van der Waals surface area contributed by atoms with Crippen molar-refractivity contribution in [3.05, 3.63) is 35.0 Å². The minimum absolute atomic E-state index is 0.124. The van der Waals surface area contributed by atoms with E-state index < -0.39 is 94.9 Å². The van der Waals surface area contributed by atoms with Gasteiger partial charge in [0.1, 0.15) is 46.6 Å². The highest BCUT2D eigenvalue weighted by molar-refractivity contribution is 6.31. The van der Waals surface area contributed by atoms with E-state index in [9.17, 15) is 33.6 Å². The summed E-state index contributed by atoms with van der Waals surface area (Å²) < 4.78 is 15.8. The lowest BCUT2D eigenvalue weighted by Crippen LogP contribution is -2.61. The lowest BCUT2D eigenvalue weighted by Gasteiger charge is -2.34. The Hall–Kier alpha value is -4.86. The molecule has 1 aromatic heterocycles. The third-order valence-electron chi connectivity index (χ3n) is 9.35. The molecular formula is C42H63ClN6O10. The number of likely N-dealkylation sites (tertiary alicyclic amines) is 1. The molecule has 2 aromatic rings. The predicted octanol–water partition coefficient (Wildman–Crippen LogP) is 4.70. The fourth-order valence-corrected chi connectivity index (χ4v) is 6.87. The molecule has 1 saturated heterocycles. The van der Waals surface area contributed by atoms with Gasteiger partial charge in [0.15, 0.2) is 0 Å². The van der Waals surface area contributed by atoms with Crippen molar-refractivity contribution in [3.63, 3.8) is 0 Å². The van der Waals surface area contributed by atoms with Crippen LogP contribution in [0.1, 0.15) is 107 Å². The quantitative estimate of drug-likeness (QED) is 0.123. The second-order valence-electron chi connectivity index (χ2n) is 18.4. The lowest BCUT2D eigenvalue weighted by atomic mass is 9.85. The van der Waals surface area contributed by atoms with Gasteiger partial charge in [0, 0.05) is 23.9 Å². The number of benzene rings is 1. The zero-order valence-corrected chi connectivity index (χ0v) is 37.2. The first-order chi connectivity index (χ1) is 27.2. The monoisotopic (exact) mass is 846 g/mol. The molecule has 0 radical (unpaired) electrons. The van der Waals surface area contributed by atoms with E-state index in [1.54, 1.807) is 86.6 Å². The summed E-state index contributed by atoms with van der Waals surface area (Å²) in [5.74, 6) is -4.55. The number of carbonyl (C=O) groups excluding carboxylic acids is 7. The maximum atomic E-state index is 14.3. The molecule has 0 saturated carbocycles. The summed E-state index contributed by atoms with van der Waals surface area (Å²) >= 11 is 6.63. The summed E-state index contributed by atoms with van der Waals surface area (Å²) in [6.07, 6.45) is -0.245. The number of methoxy groups -OCH3 is 1. The van der Waals surface area contributed by atoms with Gasteiger partial charge < -0.3 is 40.5 Å². The van der Waals surface area contributed by atoms with Crippen LogP contribution in [-0.4, -0.2) is 107 Å². The van der Waals surface area contributed by atoms with E-state index in [2.05, 4.69) is 26.3 Å². The van der Waals surface area contributed by atoms with Crippen LogP contribution in [0.5, 0.6) is 0 Å². The number of fused-ring (bicyclic) bond motifs is 1. The van der Waals surface area contributed by atoms with Crippen molar-refractivity contribution >= 4 is 64.2 Å². The molecule has 5 amide bonds. The fraction of sp³-hybridized carbons (Fsp3) is 0.643. The maximum Gasteiger partial charge on any atom is 0.410 e. The van der Waals surface area contributed by atoms with Crippen LogP contribution in [0.15, 0.2) is 24.3 Å². The van der Waals surface area contributed by atoms with E-state index in [1.165, 1.54) is 4.90 Å². The Morgan fingerprint density at radius 1 is 0.814 bits per heavy atom. The second-order valence-corrected chi connectivity index (χ2v) is 18.8. The van der Waals surface area contributed by atoms with Crippen molar-refractivity contribution in [1.82, 2.24) is 31.2 Å². The first-order valence-corrected chi connectivity index (χ1v) is 20.3. The Labute approximate surface area is 351 Å². The van der Waals surface area contributed by atoms with Crippen molar-refractivity contribution in [2.45, 2.75) is 150 Å². The van der Waals surface area contributed by atoms with E-state index >= 15 is 0 Å². The lowest BCUT2D eigenvalue weighted by molar-refractivity contribution is -0.161. The molecule has 2 heterocycles. The molecule has 17 heteroatoms. The number of aromatic amines is 1. The van der Waals surface area contributed by atoms with Gasteiger partial charge in [0.05, 0.1) is 13.5 Å². The Balaban J connectivity index is 1.95. The third kappa shape index (κ3) is 14.4. The summed E-state index contributed by atoms with van der Waals surface area (Å²) in [5.41, 5.74) is -1.40. The highest BCUT2D eigenvalue weighted by Gasteiger charge is 2.42. The Morgan fingerprint density at radius 2 is 1.39 bits per heavy atom. The second kappa shape index (κ2) is 19.9. The molecule has 1 aliphatic heterocycles. The molecule has 3 rings (SSSR count). The van der Waals surface area contributed by atoms with Crippen LogP contribution in [0, 0.1) is 11.3 Å². The molecule has 1 fully saturated rings. The first kappa shape index (κ1) is 48.5. The number of halogens is 1. The van der Waals surface area contributed by atoms with Crippen LogP contribution in [0.4, 0.5) is 4.79 Å². The molecule has 5 N–H and O–H groups in total. The molecule has 328 valence electrons. The highest BCUT2D eigenvalue weighted by Crippen LogP contribution is 2.28. The number of carbonyl (C=O) groups is 7. The van der Waals surface area contributed by atoms with E-state index in [0.717, 1.165) is 7.11 Å². The Morgan fingerprint density at radius 3 is 1.97 bits per heavy atom. The maximum absolute atomic E-state index is 14.3. The number of rotatable bonds is 15. The number of hydrogen-bond donors (Lipinski definition) is 5. The normalized spacial score (nSPS) is 16.7. The largest absolute Gasteiger partial charge is 0.469 e. The minimum Gasteiger partial charge on any atom is -0.469 e. The van der Waals surface area contributed by atoms with Crippen LogP contribution < -0.4 is 21.3 Å². The molecule has 1 aliphatic rings. The summed E-state index contributed by atoms with van der Waals surface area (Å²) in [4.78, 5) is 99.4. The number of nitrogens with zero attached hydrogens (tertiary/aromatic N) is 1. The number of nitrogens with one attached hydrogen (secondary N) is 5. The number of hydrogen-bond acceptors (Lipinski definition) is 10. The Bertz CT molecular complexity index is 1860. The van der Waals surface area contributed by atoms with Crippen LogP contribution >= 0.6 is 11.6 Å². The van der Waals surface area contributed by atoms with Gasteiger partial charge in [-0.15, -0.1) is 0 Å². The third-order valence-corrected chi connectivity index (χ3v) is 9.67. The zero-order valence-electron chi connectivity index (χ0n) is 36.4. The number of amides is 5. The first-order valence-electron chi connectivity index (χ1n) is 20.0. The van der Waals surface area contributed by atoms with Gasteiger partial charge in [-0.3, -0.25) is 28.9 Å². The predicted molar refractivity (Wildman–Crippen MR) is 222 cm³/mol. The van der Waals surface area contributed by atoms with Gasteiger partial charge in [-0.25, -0.2) is 9.59 Å². The number of H-pyrrole nitrogens is 1. The smallest absolute Gasteiger partial charge is 0.410 e. The van der Waals surface area contributed by atoms with Crippen molar-refractivity contribution < 1.29 is 47.8 Å². The molecular weight excluding hydrogens is 784 g/mol. The molecule has 5 atom stereocenters. The average molecular weight is 847 g/mol. The Kier molecular flexibility index (Phi) is 16.4. The SMILES string of the molecule is COC(=O)C[C@@H](NC(=O)[C@@H](Cc1c(Cl)[nH]c2ccccc12)NC(=O)[C@H](CC(C)C)NC(=O)[C@H](NC(=O)[C@@H]1CCCN1C(=O)OC(C)(C)C)C(C)(C)C)C(=O)OC(C)(C)C.